The molecule has 0 saturated carbocycles. The van der Waals surface area contributed by atoms with E-state index in [1.807, 2.05) is 6.92 Å². The zero-order chi connectivity index (χ0) is 21.3. The second kappa shape index (κ2) is 11.0. The van der Waals surface area contributed by atoms with Crippen molar-refractivity contribution >= 4 is 21.8 Å². The number of nitrogens with one attached hydrogen (secondary N) is 2. The van der Waals surface area contributed by atoms with Gasteiger partial charge in [0.1, 0.15) is 0 Å². The van der Waals surface area contributed by atoms with Crippen LogP contribution in [0.25, 0.3) is 0 Å². The Morgan fingerprint density at radius 1 is 1.14 bits per heavy atom. The minimum absolute atomic E-state index is 0.0681. The lowest BCUT2D eigenvalue weighted by Crippen LogP contribution is -2.51. The van der Waals surface area contributed by atoms with Gasteiger partial charge in [0.05, 0.1) is 18.3 Å². The highest BCUT2D eigenvalue weighted by Gasteiger charge is 2.31. The summed E-state index contributed by atoms with van der Waals surface area (Å²) in [4.78, 5) is 24.3. The Morgan fingerprint density at radius 3 is 2.48 bits per heavy atom. The normalized spacial score (nSPS) is 17.4. The van der Waals surface area contributed by atoms with Crippen molar-refractivity contribution in [2.45, 2.75) is 33.1 Å². The van der Waals surface area contributed by atoms with Crippen molar-refractivity contribution in [2.24, 2.45) is 5.92 Å². The first kappa shape index (κ1) is 23.0. The zero-order valence-corrected chi connectivity index (χ0v) is 17.7. The van der Waals surface area contributed by atoms with Gasteiger partial charge in [-0.2, -0.15) is 0 Å². The van der Waals surface area contributed by atoms with Gasteiger partial charge in [0.25, 0.3) is 5.91 Å². The van der Waals surface area contributed by atoms with Crippen LogP contribution in [0.4, 0.5) is 0 Å². The number of hydrogen-bond donors (Lipinski definition) is 2. The molecule has 1 heterocycles. The molecule has 9 nitrogen and oxygen atoms in total. The van der Waals surface area contributed by atoms with Crippen LogP contribution in [0.15, 0.2) is 24.3 Å². The third-order valence-electron chi connectivity index (χ3n) is 4.44. The molecule has 0 bridgehead atoms. The Hall–Kier alpha value is -2.33. The first-order valence-electron chi connectivity index (χ1n) is 9.78. The molecule has 1 aromatic carbocycles. The number of rotatable bonds is 9. The number of amides is 2. The Morgan fingerprint density at radius 2 is 1.83 bits per heavy atom. The smallest absolute Gasteiger partial charge is 0.276 e. The molecule has 0 spiro atoms. The molecule has 0 aromatic heterocycles. The predicted octanol–water partition coefficient (Wildman–Crippen LogP) is 1.06. The molecule has 1 fully saturated rings. The van der Waals surface area contributed by atoms with Crippen LogP contribution < -0.4 is 20.3 Å². The minimum atomic E-state index is -3.35. The van der Waals surface area contributed by atoms with E-state index in [9.17, 15) is 18.0 Å². The van der Waals surface area contributed by atoms with Gasteiger partial charge in [0.15, 0.2) is 18.1 Å². The summed E-state index contributed by atoms with van der Waals surface area (Å²) in [7, 11) is -3.35. The highest BCUT2D eigenvalue weighted by atomic mass is 32.2. The van der Waals surface area contributed by atoms with E-state index in [0.717, 1.165) is 0 Å². The number of hydrazine groups is 1. The molecule has 1 unspecified atom stereocenters. The van der Waals surface area contributed by atoms with Crippen molar-refractivity contribution in [3.05, 3.63) is 24.3 Å². The van der Waals surface area contributed by atoms with Gasteiger partial charge in [0.2, 0.25) is 15.9 Å². The number of hydrogen-bond acceptors (Lipinski definition) is 6. The number of sulfonamides is 1. The summed E-state index contributed by atoms with van der Waals surface area (Å²) in [6.45, 7) is 4.36. The van der Waals surface area contributed by atoms with E-state index < -0.39 is 27.8 Å². The van der Waals surface area contributed by atoms with E-state index in [2.05, 4.69) is 10.9 Å². The lowest BCUT2D eigenvalue weighted by molar-refractivity contribution is -0.132. The summed E-state index contributed by atoms with van der Waals surface area (Å²) in [6, 6.07) is 6.98. The molecule has 2 amide bonds. The van der Waals surface area contributed by atoms with Crippen LogP contribution in [0.3, 0.4) is 0 Å². The number of piperidine rings is 1. The number of carbonyl (C=O) groups is 2. The van der Waals surface area contributed by atoms with E-state index in [0.29, 0.717) is 43.9 Å². The van der Waals surface area contributed by atoms with Crippen LogP contribution in [0.5, 0.6) is 11.5 Å². The van der Waals surface area contributed by atoms with Gasteiger partial charge in [-0.15, -0.1) is 0 Å². The average molecular weight is 428 g/mol. The Kier molecular flexibility index (Phi) is 8.71. The fourth-order valence-electron chi connectivity index (χ4n) is 3.05. The van der Waals surface area contributed by atoms with E-state index in [1.165, 1.54) is 4.31 Å². The van der Waals surface area contributed by atoms with Crippen LogP contribution in [-0.4, -0.2) is 56.6 Å². The maximum absolute atomic E-state index is 12.3. The van der Waals surface area contributed by atoms with Crippen LogP contribution >= 0.6 is 0 Å². The Bertz CT molecular complexity index is 799. The number of carbonyl (C=O) groups excluding carboxylic acids is 2. The highest BCUT2D eigenvalue weighted by Crippen LogP contribution is 2.26. The molecule has 1 aliphatic rings. The summed E-state index contributed by atoms with van der Waals surface area (Å²) in [5, 5.41) is 0. The first-order valence-corrected chi connectivity index (χ1v) is 11.4. The molecule has 1 aliphatic heterocycles. The second-order valence-electron chi connectivity index (χ2n) is 6.72. The number of benzene rings is 1. The molecule has 0 aliphatic carbocycles. The summed E-state index contributed by atoms with van der Waals surface area (Å²) in [5.41, 5.74) is 4.67. The van der Waals surface area contributed by atoms with Crippen LogP contribution in [-0.2, 0) is 19.6 Å². The lowest BCUT2D eigenvalue weighted by Gasteiger charge is -2.31. The molecule has 162 valence electrons. The third-order valence-corrected chi connectivity index (χ3v) is 6.49. The quantitative estimate of drug-likeness (QED) is 0.570. The van der Waals surface area contributed by atoms with Gasteiger partial charge in [-0.3, -0.25) is 20.4 Å². The van der Waals surface area contributed by atoms with Crippen LogP contribution in [0.2, 0.25) is 0 Å². The van der Waals surface area contributed by atoms with E-state index >= 15 is 0 Å². The topological polar surface area (TPSA) is 114 Å². The van der Waals surface area contributed by atoms with Gasteiger partial charge in [-0.05, 0) is 38.3 Å². The van der Waals surface area contributed by atoms with Gasteiger partial charge in [0, 0.05) is 13.1 Å². The van der Waals surface area contributed by atoms with Crippen molar-refractivity contribution in [3.63, 3.8) is 0 Å². The maximum Gasteiger partial charge on any atom is 0.276 e. The second-order valence-corrected chi connectivity index (χ2v) is 8.81. The van der Waals surface area contributed by atoms with Gasteiger partial charge >= 0.3 is 0 Å². The summed E-state index contributed by atoms with van der Waals surface area (Å²) < 4.78 is 36.6. The molecular weight excluding hydrogens is 398 g/mol. The summed E-state index contributed by atoms with van der Waals surface area (Å²) >= 11 is 0. The average Bonchev–Trinajstić information content (AvgIpc) is 2.71. The van der Waals surface area contributed by atoms with Crippen molar-refractivity contribution in [1.82, 2.24) is 15.2 Å². The van der Waals surface area contributed by atoms with Crippen molar-refractivity contribution < 1.29 is 27.5 Å². The fourth-order valence-corrected chi connectivity index (χ4v) is 4.64. The molecule has 1 saturated heterocycles. The summed E-state index contributed by atoms with van der Waals surface area (Å²) in [5.74, 6) is -0.420. The number of nitrogens with zero attached hydrogens (tertiary/aromatic N) is 1. The third kappa shape index (κ3) is 6.90. The molecule has 10 heteroatoms. The molecule has 0 radical (unpaired) electrons. The Balaban J connectivity index is 1.80. The van der Waals surface area contributed by atoms with Crippen LogP contribution in [0.1, 0.15) is 33.1 Å². The number of para-hydroxylation sites is 2. The molecule has 1 aromatic rings. The number of ether oxygens (including phenoxy) is 2. The zero-order valence-electron chi connectivity index (χ0n) is 16.8. The van der Waals surface area contributed by atoms with Gasteiger partial charge in [-0.25, -0.2) is 12.7 Å². The molecular formula is C19H29N3O6S. The molecule has 2 N–H and O–H groups in total. The van der Waals surface area contributed by atoms with Gasteiger partial charge in [-0.1, -0.05) is 19.1 Å². The van der Waals surface area contributed by atoms with E-state index in [-0.39, 0.29) is 18.9 Å². The van der Waals surface area contributed by atoms with Crippen molar-refractivity contribution in [3.8, 4) is 11.5 Å². The lowest BCUT2D eigenvalue weighted by atomic mass is 9.99. The molecule has 2 rings (SSSR count). The van der Waals surface area contributed by atoms with Crippen molar-refractivity contribution in [2.75, 3.05) is 32.1 Å². The van der Waals surface area contributed by atoms with Gasteiger partial charge < -0.3 is 9.47 Å². The summed E-state index contributed by atoms with van der Waals surface area (Å²) in [6.07, 6.45) is 1.70. The highest BCUT2D eigenvalue weighted by molar-refractivity contribution is 7.89. The molecule has 1 atom stereocenters. The monoisotopic (exact) mass is 427 g/mol. The van der Waals surface area contributed by atoms with E-state index in [4.69, 9.17) is 9.47 Å². The fraction of sp³-hybridized carbons (Fsp3) is 0.579. The SMILES string of the molecule is CCCS(=O)(=O)N1CCCC(C(=O)NNC(=O)COc2ccccc2OCC)C1. The van der Waals surface area contributed by atoms with E-state index in [1.54, 1.807) is 31.2 Å². The Labute approximate surface area is 171 Å². The first-order chi connectivity index (χ1) is 13.9. The predicted molar refractivity (Wildman–Crippen MR) is 108 cm³/mol. The van der Waals surface area contributed by atoms with Crippen LogP contribution in [0, 0.1) is 5.92 Å². The van der Waals surface area contributed by atoms with Crippen molar-refractivity contribution in [1.29, 1.82) is 0 Å². The largest absolute Gasteiger partial charge is 0.490 e. The molecule has 29 heavy (non-hydrogen) atoms. The standard InChI is InChI=1S/C19H29N3O6S/c1-3-12-29(25,26)22-11-7-8-15(13-22)19(24)21-20-18(23)14-28-17-10-6-5-9-16(17)27-4-2/h5-6,9-10,15H,3-4,7-8,11-14H2,1-2H3,(H,20,23)(H,21,24). The minimum Gasteiger partial charge on any atom is -0.490 e. The maximum atomic E-state index is 12.3.